The molecule has 0 aliphatic rings. The van der Waals surface area contributed by atoms with Gasteiger partial charge in [-0.15, -0.1) is 11.3 Å². The van der Waals surface area contributed by atoms with E-state index in [-0.39, 0.29) is 5.92 Å². The molecule has 1 N–H and O–H groups in total. The van der Waals surface area contributed by atoms with Crippen molar-refractivity contribution in [1.82, 2.24) is 0 Å². The van der Waals surface area contributed by atoms with Crippen LogP contribution in [0.2, 0.25) is 0 Å². The van der Waals surface area contributed by atoms with Gasteiger partial charge in [0.05, 0.1) is 20.1 Å². The molecule has 2 rings (SSSR count). The summed E-state index contributed by atoms with van der Waals surface area (Å²) in [4.78, 5) is 12.0. The van der Waals surface area contributed by atoms with E-state index in [9.17, 15) is 4.79 Å². The molecule has 20 heavy (non-hydrogen) atoms. The summed E-state index contributed by atoms with van der Waals surface area (Å²) in [6.45, 7) is 1.74. The molecule has 0 bridgehead atoms. The molecule has 1 unspecified atom stereocenters. The lowest BCUT2D eigenvalue weighted by Gasteiger charge is -2.06. The van der Waals surface area contributed by atoms with Gasteiger partial charge < -0.3 is 14.6 Å². The number of ether oxygens (including phenoxy) is 2. The van der Waals surface area contributed by atoms with Gasteiger partial charge in [0.25, 0.3) is 0 Å². The fraction of sp³-hybridized carbons (Fsp3) is 0.400. The quantitative estimate of drug-likeness (QED) is 0.885. The van der Waals surface area contributed by atoms with E-state index in [4.69, 9.17) is 14.6 Å². The van der Waals surface area contributed by atoms with E-state index in [1.807, 2.05) is 12.1 Å². The molecule has 108 valence electrons. The molecule has 2 aromatic rings. The van der Waals surface area contributed by atoms with Gasteiger partial charge in [0.2, 0.25) is 0 Å². The van der Waals surface area contributed by atoms with Gasteiger partial charge in [0.1, 0.15) is 0 Å². The number of aryl methyl sites for hydroxylation is 1. The zero-order valence-corrected chi connectivity index (χ0v) is 12.6. The lowest BCUT2D eigenvalue weighted by molar-refractivity contribution is -0.141. The molecule has 0 spiro atoms. The molecule has 1 aromatic carbocycles. The number of thiophene rings is 1. The number of fused-ring (bicyclic) bond motifs is 1. The van der Waals surface area contributed by atoms with E-state index in [0.29, 0.717) is 17.9 Å². The maximum atomic E-state index is 10.8. The summed E-state index contributed by atoms with van der Waals surface area (Å²) >= 11 is 1.67. The molecule has 0 amide bonds. The summed E-state index contributed by atoms with van der Waals surface area (Å²) in [7, 11) is 3.23. The van der Waals surface area contributed by atoms with Gasteiger partial charge in [-0.3, -0.25) is 4.79 Å². The number of carboxylic acid groups (broad SMARTS) is 1. The third kappa shape index (κ3) is 3.04. The van der Waals surface area contributed by atoms with Gasteiger partial charge >= 0.3 is 5.97 Å². The van der Waals surface area contributed by atoms with Gasteiger partial charge in [-0.2, -0.15) is 0 Å². The van der Waals surface area contributed by atoms with Gasteiger partial charge in [-0.1, -0.05) is 6.92 Å². The molecule has 0 aliphatic heterocycles. The average molecular weight is 294 g/mol. The molecule has 0 saturated heterocycles. The SMILES string of the molecule is COc1cc2cc(CCC(C)C(=O)O)sc2cc1OC. The van der Waals surface area contributed by atoms with Crippen LogP contribution in [0.4, 0.5) is 0 Å². The minimum absolute atomic E-state index is 0.315. The Bertz CT molecular complexity index is 577. The van der Waals surface area contributed by atoms with E-state index in [1.54, 1.807) is 32.5 Å². The molecular formula is C15H18O4S. The van der Waals surface area contributed by atoms with Crippen LogP contribution >= 0.6 is 11.3 Å². The smallest absolute Gasteiger partial charge is 0.306 e. The van der Waals surface area contributed by atoms with Crippen molar-refractivity contribution in [2.24, 2.45) is 5.92 Å². The van der Waals surface area contributed by atoms with Crippen molar-refractivity contribution >= 4 is 27.4 Å². The number of benzene rings is 1. The second-order valence-electron chi connectivity index (χ2n) is 4.74. The van der Waals surface area contributed by atoms with Crippen LogP contribution in [0.5, 0.6) is 11.5 Å². The summed E-state index contributed by atoms with van der Waals surface area (Å²) in [5.74, 6) is 0.370. The lowest BCUT2D eigenvalue weighted by atomic mass is 10.1. The number of carbonyl (C=O) groups is 1. The molecule has 1 atom stereocenters. The summed E-state index contributed by atoms with van der Waals surface area (Å²) < 4.78 is 11.7. The Labute approximate surface area is 121 Å². The first-order valence-electron chi connectivity index (χ1n) is 6.42. The van der Waals surface area contributed by atoms with E-state index in [2.05, 4.69) is 6.07 Å². The Morgan fingerprint density at radius 3 is 2.50 bits per heavy atom. The zero-order chi connectivity index (χ0) is 14.7. The first-order chi connectivity index (χ1) is 9.55. The largest absolute Gasteiger partial charge is 0.493 e. The third-order valence-corrected chi connectivity index (χ3v) is 4.48. The Morgan fingerprint density at radius 2 is 1.90 bits per heavy atom. The summed E-state index contributed by atoms with van der Waals surface area (Å²) in [5, 5.41) is 10.0. The highest BCUT2D eigenvalue weighted by Gasteiger charge is 2.13. The molecule has 1 heterocycles. The third-order valence-electron chi connectivity index (χ3n) is 3.32. The molecule has 0 fully saturated rings. The Balaban J connectivity index is 2.22. The highest BCUT2D eigenvalue weighted by atomic mass is 32.1. The minimum Gasteiger partial charge on any atom is -0.493 e. The Kier molecular flexibility index (Phi) is 4.49. The van der Waals surface area contributed by atoms with Crippen molar-refractivity contribution in [1.29, 1.82) is 0 Å². The van der Waals surface area contributed by atoms with E-state index >= 15 is 0 Å². The van der Waals surface area contributed by atoms with E-state index < -0.39 is 5.97 Å². The number of carboxylic acids is 1. The van der Waals surface area contributed by atoms with E-state index in [0.717, 1.165) is 16.5 Å². The van der Waals surface area contributed by atoms with Gasteiger partial charge in [0, 0.05) is 15.6 Å². The molecular weight excluding hydrogens is 276 g/mol. The fourth-order valence-corrected chi connectivity index (χ4v) is 3.12. The topological polar surface area (TPSA) is 55.8 Å². The second-order valence-corrected chi connectivity index (χ2v) is 5.90. The van der Waals surface area contributed by atoms with Crippen LogP contribution in [0.15, 0.2) is 18.2 Å². The van der Waals surface area contributed by atoms with Crippen LogP contribution in [0.3, 0.4) is 0 Å². The highest BCUT2D eigenvalue weighted by molar-refractivity contribution is 7.19. The maximum absolute atomic E-state index is 10.8. The minimum atomic E-state index is -0.741. The first kappa shape index (κ1) is 14.7. The molecule has 4 nitrogen and oxygen atoms in total. The lowest BCUT2D eigenvalue weighted by Crippen LogP contribution is -2.09. The van der Waals surface area contributed by atoms with Gasteiger partial charge in [-0.25, -0.2) is 0 Å². The predicted octanol–water partition coefficient (Wildman–Crippen LogP) is 3.57. The monoisotopic (exact) mass is 294 g/mol. The summed E-state index contributed by atoms with van der Waals surface area (Å²) in [5.41, 5.74) is 0. The van der Waals surface area contributed by atoms with Crippen LogP contribution in [0.1, 0.15) is 18.2 Å². The Hall–Kier alpha value is -1.75. The normalized spacial score (nSPS) is 12.3. The zero-order valence-electron chi connectivity index (χ0n) is 11.8. The van der Waals surface area contributed by atoms with Crippen molar-refractivity contribution in [3.8, 4) is 11.5 Å². The van der Waals surface area contributed by atoms with Crippen molar-refractivity contribution in [2.75, 3.05) is 14.2 Å². The predicted molar refractivity (Wildman–Crippen MR) is 80.0 cm³/mol. The van der Waals surface area contributed by atoms with Crippen LogP contribution in [0, 0.1) is 5.92 Å². The standard InChI is InChI=1S/C15H18O4S/c1-9(15(16)17)4-5-11-6-10-7-12(18-2)13(19-3)8-14(10)20-11/h6-9H,4-5H2,1-3H3,(H,16,17). The average Bonchev–Trinajstić information content (AvgIpc) is 2.84. The van der Waals surface area contributed by atoms with Crippen molar-refractivity contribution < 1.29 is 19.4 Å². The molecule has 0 aliphatic carbocycles. The van der Waals surface area contributed by atoms with Crippen LogP contribution in [-0.2, 0) is 11.2 Å². The van der Waals surface area contributed by atoms with Crippen LogP contribution in [-0.4, -0.2) is 25.3 Å². The molecule has 0 radical (unpaired) electrons. The number of methoxy groups -OCH3 is 2. The first-order valence-corrected chi connectivity index (χ1v) is 7.24. The maximum Gasteiger partial charge on any atom is 0.306 e. The fourth-order valence-electron chi connectivity index (χ4n) is 2.03. The summed E-state index contributed by atoms with van der Waals surface area (Å²) in [6, 6.07) is 6.01. The molecule has 0 saturated carbocycles. The number of hydrogen-bond acceptors (Lipinski definition) is 4. The molecule has 5 heteroatoms. The number of rotatable bonds is 6. The molecule has 1 aromatic heterocycles. The van der Waals surface area contributed by atoms with Crippen molar-refractivity contribution in [3.05, 3.63) is 23.1 Å². The van der Waals surface area contributed by atoms with Gasteiger partial charge in [-0.05, 0) is 30.4 Å². The van der Waals surface area contributed by atoms with Crippen LogP contribution < -0.4 is 9.47 Å². The van der Waals surface area contributed by atoms with Gasteiger partial charge in [0.15, 0.2) is 11.5 Å². The summed E-state index contributed by atoms with van der Waals surface area (Å²) in [6.07, 6.45) is 1.42. The van der Waals surface area contributed by atoms with Crippen LogP contribution in [0.25, 0.3) is 10.1 Å². The van der Waals surface area contributed by atoms with Crippen molar-refractivity contribution in [3.63, 3.8) is 0 Å². The second kappa shape index (κ2) is 6.13. The Morgan fingerprint density at radius 1 is 1.25 bits per heavy atom. The number of hydrogen-bond donors (Lipinski definition) is 1. The van der Waals surface area contributed by atoms with Crippen molar-refractivity contribution in [2.45, 2.75) is 19.8 Å². The van der Waals surface area contributed by atoms with E-state index in [1.165, 1.54) is 4.88 Å². The highest BCUT2D eigenvalue weighted by Crippen LogP contribution is 2.36. The number of aliphatic carboxylic acids is 1.